The Morgan fingerprint density at radius 3 is 2.50 bits per heavy atom. The normalized spacial score (nSPS) is 11.2. The third-order valence-electron chi connectivity index (χ3n) is 4.42. The van der Waals surface area contributed by atoms with Crippen molar-refractivity contribution in [3.8, 4) is 17.2 Å². The van der Waals surface area contributed by atoms with E-state index in [0.29, 0.717) is 12.3 Å². The third-order valence-corrected chi connectivity index (χ3v) is 4.42. The molecule has 0 aromatic heterocycles. The molecular weight excluding hydrogens is 354 g/mol. The van der Waals surface area contributed by atoms with Gasteiger partial charge in [-0.05, 0) is 49.6 Å². The molecule has 2 aromatic rings. The lowest BCUT2D eigenvalue weighted by Crippen LogP contribution is -2.38. The number of phenols is 1. The molecule has 0 radical (unpaired) electrons. The number of aryl methyl sites for hydroxylation is 1. The number of hydrogen-bond donors (Lipinski definition) is 2. The van der Waals surface area contributed by atoms with E-state index in [-0.39, 0.29) is 0 Å². The molecule has 0 saturated carbocycles. The monoisotopic (exact) mass is 385 g/mol. The fourth-order valence-electron chi connectivity index (χ4n) is 2.91. The molecule has 2 aromatic carbocycles. The van der Waals surface area contributed by atoms with E-state index in [0.717, 1.165) is 49.0 Å². The molecule has 2 rings (SSSR count). The summed E-state index contributed by atoms with van der Waals surface area (Å²) in [5, 5.41) is 12.7. The van der Waals surface area contributed by atoms with Crippen LogP contribution in [0.1, 0.15) is 24.5 Å². The van der Waals surface area contributed by atoms with Crippen molar-refractivity contribution in [3.63, 3.8) is 0 Å². The van der Waals surface area contributed by atoms with Crippen molar-refractivity contribution in [2.24, 2.45) is 4.99 Å². The van der Waals surface area contributed by atoms with E-state index >= 15 is 0 Å². The summed E-state index contributed by atoms with van der Waals surface area (Å²) in [4.78, 5) is 6.84. The summed E-state index contributed by atoms with van der Waals surface area (Å²) in [6.45, 7) is 4.28. The lowest BCUT2D eigenvalue weighted by atomic mass is 10.1. The van der Waals surface area contributed by atoms with Crippen LogP contribution < -0.4 is 14.8 Å². The molecule has 0 atom stereocenters. The van der Waals surface area contributed by atoms with Gasteiger partial charge in [-0.25, -0.2) is 0 Å². The number of aliphatic imine (C=N–C) groups is 1. The minimum Gasteiger partial charge on any atom is -0.508 e. The van der Waals surface area contributed by atoms with Crippen molar-refractivity contribution < 1.29 is 14.6 Å². The van der Waals surface area contributed by atoms with Gasteiger partial charge in [-0.15, -0.1) is 0 Å². The predicted molar refractivity (Wildman–Crippen MR) is 113 cm³/mol. The number of hydrogen-bond acceptors (Lipinski definition) is 4. The molecule has 0 heterocycles. The molecule has 0 aliphatic heterocycles. The number of benzene rings is 2. The molecule has 0 spiro atoms. The van der Waals surface area contributed by atoms with Crippen molar-refractivity contribution >= 4 is 5.96 Å². The lowest BCUT2D eigenvalue weighted by molar-refractivity contribution is 0.382. The van der Waals surface area contributed by atoms with E-state index in [1.54, 1.807) is 26.4 Å². The topological polar surface area (TPSA) is 66.3 Å². The molecule has 152 valence electrons. The minimum atomic E-state index is 0.298. The van der Waals surface area contributed by atoms with Gasteiger partial charge in [-0.1, -0.05) is 12.1 Å². The lowest BCUT2D eigenvalue weighted by Gasteiger charge is -2.23. The van der Waals surface area contributed by atoms with Crippen LogP contribution in [0, 0.1) is 0 Å². The second-order valence-corrected chi connectivity index (χ2v) is 6.54. The van der Waals surface area contributed by atoms with Gasteiger partial charge in [-0.2, -0.15) is 0 Å². The van der Waals surface area contributed by atoms with Gasteiger partial charge in [0.15, 0.2) is 5.96 Å². The first kappa shape index (κ1) is 21.4. The van der Waals surface area contributed by atoms with Crippen molar-refractivity contribution in [2.75, 3.05) is 34.4 Å². The van der Waals surface area contributed by atoms with Crippen LogP contribution in [0.3, 0.4) is 0 Å². The summed E-state index contributed by atoms with van der Waals surface area (Å²) in [6, 6.07) is 13.2. The molecule has 0 amide bonds. The molecule has 2 N–H and O–H groups in total. The second-order valence-electron chi connectivity index (χ2n) is 6.54. The van der Waals surface area contributed by atoms with Crippen molar-refractivity contribution in [1.29, 1.82) is 0 Å². The predicted octanol–water partition coefficient (Wildman–Crippen LogP) is 3.44. The summed E-state index contributed by atoms with van der Waals surface area (Å²) < 4.78 is 10.8. The van der Waals surface area contributed by atoms with E-state index in [4.69, 9.17) is 14.5 Å². The van der Waals surface area contributed by atoms with E-state index in [1.807, 2.05) is 37.4 Å². The maximum absolute atomic E-state index is 9.36. The Hall–Kier alpha value is -2.89. The summed E-state index contributed by atoms with van der Waals surface area (Å²) in [6.07, 6.45) is 1.87. The number of guanidine groups is 1. The Bertz CT molecular complexity index is 760. The molecule has 6 heteroatoms. The maximum atomic E-state index is 9.36. The van der Waals surface area contributed by atoms with Crippen LogP contribution in [-0.4, -0.2) is 50.3 Å². The Morgan fingerprint density at radius 1 is 1.11 bits per heavy atom. The number of ether oxygens (including phenoxy) is 2. The Balaban J connectivity index is 1.97. The number of nitrogens with one attached hydrogen (secondary N) is 1. The largest absolute Gasteiger partial charge is 0.508 e. The van der Waals surface area contributed by atoms with Crippen LogP contribution in [0.15, 0.2) is 47.5 Å². The fraction of sp³-hybridized carbons (Fsp3) is 0.409. The molecule has 6 nitrogen and oxygen atoms in total. The molecule has 0 aliphatic carbocycles. The van der Waals surface area contributed by atoms with Crippen LogP contribution in [0.4, 0.5) is 0 Å². The molecule has 28 heavy (non-hydrogen) atoms. The number of phenolic OH excluding ortho intramolecular Hbond substituents is 1. The first-order valence-electron chi connectivity index (χ1n) is 9.55. The Kier molecular flexibility index (Phi) is 8.46. The van der Waals surface area contributed by atoms with Crippen LogP contribution >= 0.6 is 0 Å². The van der Waals surface area contributed by atoms with Gasteiger partial charge in [-0.3, -0.25) is 4.99 Å². The van der Waals surface area contributed by atoms with Crippen molar-refractivity contribution in [3.05, 3.63) is 53.6 Å². The van der Waals surface area contributed by atoms with Gasteiger partial charge in [0.1, 0.15) is 17.2 Å². The zero-order valence-corrected chi connectivity index (χ0v) is 17.2. The first-order valence-corrected chi connectivity index (χ1v) is 9.55. The van der Waals surface area contributed by atoms with Gasteiger partial charge >= 0.3 is 0 Å². The van der Waals surface area contributed by atoms with E-state index in [9.17, 15) is 5.11 Å². The highest BCUT2D eigenvalue weighted by Crippen LogP contribution is 2.25. The van der Waals surface area contributed by atoms with E-state index in [1.165, 1.54) is 5.56 Å². The highest BCUT2D eigenvalue weighted by Gasteiger charge is 2.11. The third kappa shape index (κ3) is 6.37. The number of rotatable bonds is 9. The Morgan fingerprint density at radius 2 is 1.86 bits per heavy atom. The second kappa shape index (κ2) is 11.1. The Labute approximate surface area is 167 Å². The smallest absolute Gasteiger partial charge is 0.193 e. The first-order chi connectivity index (χ1) is 13.6. The summed E-state index contributed by atoms with van der Waals surface area (Å²) in [7, 11) is 5.33. The van der Waals surface area contributed by atoms with Gasteiger partial charge < -0.3 is 24.8 Å². The highest BCUT2D eigenvalue weighted by molar-refractivity contribution is 5.79. The van der Waals surface area contributed by atoms with Crippen molar-refractivity contribution in [2.45, 2.75) is 26.3 Å². The van der Waals surface area contributed by atoms with Gasteiger partial charge in [0, 0.05) is 38.3 Å². The van der Waals surface area contributed by atoms with E-state index < -0.39 is 0 Å². The minimum absolute atomic E-state index is 0.298. The molecule has 0 fully saturated rings. The molecule has 0 bridgehead atoms. The molecule has 0 saturated heterocycles. The molecular formula is C22H31N3O3. The summed E-state index contributed by atoms with van der Waals surface area (Å²) in [5.41, 5.74) is 2.27. The number of aromatic hydroxyl groups is 1. The average Bonchev–Trinajstić information content (AvgIpc) is 2.71. The zero-order valence-electron chi connectivity index (χ0n) is 17.2. The molecule has 0 unspecified atom stereocenters. The van der Waals surface area contributed by atoms with Gasteiger partial charge in [0.25, 0.3) is 0 Å². The maximum Gasteiger partial charge on any atom is 0.193 e. The van der Waals surface area contributed by atoms with Crippen molar-refractivity contribution in [1.82, 2.24) is 10.2 Å². The zero-order chi connectivity index (χ0) is 20.4. The fourth-order valence-corrected chi connectivity index (χ4v) is 2.91. The number of nitrogens with zero attached hydrogens (tertiary/aromatic N) is 2. The standard InChI is InChI=1S/C22H31N3O3/c1-5-23-22(24-14-6-7-17-8-11-19(26)12-9-17)25(2)16-18-10-13-20(27-3)15-21(18)28-4/h8-13,15,26H,5-7,14,16H2,1-4H3,(H,23,24). The summed E-state index contributed by atoms with van der Waals surface area (Å²) >= 11 is 0. The van der Waals surface area contributed by atoms with Crippen LogP contribution in [-0.2, 0) is 13.0 Å². The van der Waals surface area contributed by atoms with Gasteiger partial charge in [0.2, 0.25) is 0 Å². The van der Waals surface area contributed by atoms with Crippen LogP contribution in [0.5, 0.6) is 17.2 Å². The van der Waals surface area contributed by atoms with E-state index in [2.05, 4.69) is 17.1 Å². The highest BCUT2D eigenvalue weighted by atomic mass is 16.5. The number of methoxy groups -OCH3 is 2. The summed E-state index contributed by atoms with van der Waals surface area (Å²) in [5.74, 6) is 2.74. The van der Waals surface area contributed by atoms with Crippen LogP contribution in [0.2, 0.25) is 0 Å². The average molecular weight is 386 g/mol. The van der Waals surface area contributed by atoms with Gasteiger partial charge in [0.05, 0.1) is 14.2 Å². The van der Waals surface area contributed by atoms with Crippen LogP contribution in [0.25, 0.3) is 0 Å². The quantitative estimate of drug-likeness (QED) is 0.393. The SMILES string of the molecule is CCNC(=NCCCc1ccc(O)cc1)N(C)Cc1ccc(OC)cc1OC. The molecule has 0 aliphatic rings.